The summed E-state index contributed by atoms with van der Waals surface area (Å²) in [5, 5.41) is 3.22. The molecule has 116 valence electrons. The molecule has 0 amide bonds. The molecule has 0 saturated heterocycles. The first-order valence-electron chi connectivity index (χ1n) is 6.88. The molecule has 0 heterocycles. The van der Waals surface area contributed by atoms with Crippen molar-refractivity contribution in [2.45, 2.75) is 6.42 Å². The van der Waals surface area contributed by atoms with Gasteiger partial charge in [-0.05, 0) is 24.3 Å². The minimum atomic E-state index is 0.104. The van der Waals surface area contributed by atoms with Crippen LogP contribution in [0.25, 0.3) is 0 Å². The molecule has 0 unspecified atom stereocenters. The van der Waals surface area contributed by atoms with Gasteiger partial charge >= 0.3 is 0 Å². The zero-order valence-corrected chi connectivity index (χ0v) is 14.1. The number of benzene rings is 2. The van der Waals surface area contributed by atoms with Crippen molar-refractivity contribution < 1.29 is 14.3 Å². The van der Waals surface area contributed by atoms with Gasteiger partial charge in [-0.2, -0.15) is 0 Å². The molecule has 22 heavy (non-hydrogen) atoms. The van der Waals surface area contributed by atoms with E-state index in [2.05, 4.69) is 21.2 Å². The van der Waals surface area contributed by atoms with Crippen molar-refractivity contribution in [1.82, 2.24) is 0 Å². The van der Waals surface area contributed by atoms with E-state index in [-0.39, 0.29) is 5.78 Å². The third-order valence-electron chi connectivity index (χ3n) is 3.24. The van der Waals surface area contributed by atoms with Crippen LogP contribution in [0.2, 0.25) is 0 Å². The summed E-state index contributed by atoms with van der Waals surface area (Å²) in [5.41, 5.74) is 1.55. The summed E-state index contributed by atoms with van der Waals surface area (Å²) in [6, 6.07) is 12.9. The summed E-state index contributed by atoms with van der Waals surface area (Å²) in [5.74, 6) is 1.52. The molecule has 5 heteroatoms. The number of ketones is 1. The molecule has 0 radical (unpaired) electrons. The Kier molecular flexibility index (Phi) is 5.83. The van der Waals surface area contributed by atoms with Crippen LogP contribution in [0, 0.1) is 0 Å². The molecule has 0 aliphatic rings. The smallest absolute Gasteiger partial charge is 0.164 e. The number of hydrogen-bond donors (Lipinski definition) is 1. The van der Waals surface area contributed by atoms with E-state index in [9.17, 15) is 4.79 Å². The van der Waals surface area contributed by atoms with Crippen LogP contribution in [0.1, 0.15) is 16.8 Å². The van der Waals surface area contributed by atoms with Crippen molar-refractivity contribution in [3.63, 3.8) is 0 Å². The topological polar surface area (TPSA) is 47.6 Å². The summed E-state index contributed by atoms with van der Waals surface area (Å²) >= 11 is 3.36. The first-order valence-corrected chi connectivity index (χ1v) is 7.68. The van der Waals surface area contributed by atoms with E-state index in [0.717, 1.165) is 15.9 Å². The van der Waals surface area contributed by atoms with Crippen molar-refractivity contribution in [3.8, 4) is 11.5 Å². The first-order chi connectivity index (χ1) is 10.6. The van der Waals surface area contributed by atoms with Gasteiger partial charge in [-0.15, -0.1) is 0 Å². The van der Waals surface area contributed by atoms with Crippen LogP contribution in [0.15, 0.2) is 46.9 Å². The van der Waals surface area contributed by atoms with Crippen LogP contribution >= 0.6 is 15.9 Å². The average molecular weight is 364 g/mol. The number of rotatable bonds is 7. The maximum Gasteiger partial charge on any atom is 0.164 e. The third-order valence-corrected chi connectivity index (χ3v) is 3.77. The van der Waals surface area contributed by atoms with E-state index in [1.165, 1.54) is 0 Å². The second-order valence-electron chi connectivity index (χ2n) is 4.67. The Morgan fingerprint density at radius 1 is 1.09 bits per heavy atom. The highest BCUT2D eigenvalue weighted by Crippen LogP contribution is 2.28. The van der Waals surface area contributed by atoms with Gasteiger partial charge in [0.15, 0.2) is 5.78 Å². The lowest BCUT2D eigenvalue weighted by Gasteiger charge is -2.12. The second kappa shape index (κ2) is 7.84. The summed E-state index contributed by atoms with van der Waals surface area (Å²) in [6.07, 6.45) is 0.414. The minimum absolute atomic E-state index is 0.104. The van der Waals surface area contributed by atoms with Crippen molar-refractivity contribution in [2.75, 3.05) is 26.1 Å². The number of Topliss-reactive ketones (excluding diaryl/α,β-unsaturated/α-hetero) is 1. The zero-order valence-electron chi connectivity index (χ0n) is 12.6. The number of anilines is 1. The molecular weight excluding hydrogens is 346 g/mol. The molecule has 4 nitrogen and oxygen atoms in total. The fourth-order valence-electron chi connectivity index (χ4n) is 2.04. The Bertz CT molecular complexity index is 641. The molecule has 0 aliphatic heterocycles. The van der Waals surface area contributed by atoms with Gasteiger partial charge < -0.3 is 14.8 Å². The zero-order chi connectivity index (χ0) is 15.9. The highest BCUT2D eigenvalue weighted by atomic mass is 79.9. The predicted molar refractivity (Wildman–Crippen MR) is 91.1 cm³/mol. The molecule has 0 atom stereocenters. The molecular formula is C17H18BrNO3. The van der Waals surface area contributed by atoms with Gasteiger partial charge in [0.1, 0.15) is 11.5 Å². The predicted octanol–water partition coefficient (Wildman–Crippen LogP) is 4.15. The molecule has 2 aromatic carbocycles. The average Bonchev–Trinajstić information content (AvgIpc) is 2.55. The van der Waals surface area contributed by atoms with Gasteiger partial charge in [0.05, 0.1) is 19.9 Å². The van der Waals surface area contributed by atoms with Gasteiger partial charge in [0, 0.05) is 29.1 Å². The lowest BCUT2D eigenvalue weighted by atomic mass is 10.1. The summed E-state index contributed by atoms with van der Waals surface area (Å²) in [7, 11) is 3.21. The van der Waals surface area contributed by atoms with Crippen molar-refractivity contribution >= 4 is 27.4 Å². The number of carbonyl (C=O) groups excluding carboxylic acids is 1. The van der Waals surface area contributed by atoms with Gasteiger partial charge in [-0.3, -0.25) is 4.79 Å². The van der Waals surface area contributed by atoms with Crippen molar-refractivity contribution in [2.24, 2.45) is 0 Å². The fourth-order valence-corrected chi connectivity index (χ4v) is 2.30. The van der Waals surface area contributed by atoms with Crippen LogP contribution in [0.5, 0.6) is 11.5 Å². The highest BCUT2D eigenvalue weighted by Gasteiger charge is 2.08. The van der Waals surface area contributed by atoms with Crippen LogP contribution in [-0.2, 0) is 0 Å². The molecule has 0 bridgehead atoms. The summed E-state index contributed by atoms with van der Waals surface area (Å²) in [4.78, 5) is 12.1. The quantitative estimate of drug-likeness (QED) is 0.750. The normalized spacial score (nSPS) is 10.1. The van der Waals surface area contributed by atoms with Gasteiger partial charge in [0.25, 0.3) is 0 Å². The molecule has 2 aromatic rings. The van der Waals surface area contributed by atoms with Gasteiger partial charge in [-0.1, -0.05) is 28.1 Å². The number of hydrogen-bond acceptors (Lipinski definition) is 4. The second-order valence-corrected chi connectivity index (χ2v) is 5.59. The monoisotopic (exact) mass is 363 g/mol. The molecule has 0 fully saturated rings. The maximum atomic E-state index is 12.1. The number of methoxy groups -OCH3 is 2. The van der Waals surface area contributed by atoms with E-state index >= 15 is 0 Å². The first kappa shape index (κ1) is 16.4. The lowest BCUT2D eigenvalue weighted by Crippen LogP contribution is -2.09. The van der Waals surface area contributed by atoms with E-state index in [1.807, 2.05) is 36.4 Å². The minimum Gasteiger partial charge on any atom is -0.497 e. The SMILES string of the molecule is COc1ccc(NCCC(=O)c2ccc(Br)cc2)c(OC)c1. The van der Waals surface area contributed by atoms with E-state index in [4.69, 9.17) is 9.47 Å². The molecule has 0 aromatic heterocycles. The van der Waals surface area contributed by atoms with E-state index in [1.54, 1.807) is 20.3 Å². The van der Waals surface area contributed by atoms with Gasteiger partial charge in [-0.25, -0.2) is 0 Å². The van der Waals surface area contributed by atoms with E-state index < -0.39 is 0 Å². The number of nitrogens with one attached hydrogen (secondary N) is 1. The molecule has 1 N–H and O–H groups in total. The Labute approximate surface area is 138 Å². The van der Waals surface area contributed by atoms with Crippen LogP contribution in [-0.4, -0.2) is 26.5 Å². The standard InChI is InChI=1S/C17H18BrNO3/c1-21-14-7-8-15(17(11-14)22-2)19-10-9-16(20)12-3-5-13(18)6-4-12/h3-8,11,19H,9-10H2,1-2H3. The highest BCUT2D eigenvalue weighted by molar-refractivity contribution is 9.10. The third kappa shape index (κ3) is 4.24. The summed E-state index contributed by atoms with van der Waals surface area (Å²) in [6.45, 7) is 0.539. The molecule has 0 aliphatic carbocycles. The molecule has 0 spiro atoms. The van der Waals surface area contributed by atoms with Crippen LogP contribution in [0.3, 0.4) is 0 Å². The number of carbonyl (C=O) groups is 1. The molecule has 2 rings (SSSR count). The van der Waals surface area contributed by atoms with Crippen molar-refractivity contribution in [1.29, 1.82) is 0 Å². The Morgan fingerprint density at radius 3 is 2.45 bits per heavy atom. The van der Waals surface area contributed by atoms with Crippen molar-refractivity contribution in [3.05, 3.63) is 52.5 Å². The largest absolute Gasteiger partial charge is 0.497 e. The van der Waals surface area contributed by atoms with E-state index in [0.29, 0.717) is 24.3 Å². The Morgan fingerprint density at radius 2 is 1.82 bits per heavy atom. The van der Waals surface area contributed by atoms with Crippen LogP contribution in [0.4, 0.5) is 5.69 Å². The summed E-state index contributed by atoms with van der Waals surface area (Å²) < 4.78 is 11.4. The number of halogens is 1. The van der Waals surface area contributed by atoms with Crippen LogP contribution < -0.4 is 14.8 Å². The molecule has 0 saturated carbocycles. The Balaban J connectivity index is 1.93. The fraction of sp³-hybridized carbons (Fsp3) is 0.235. The van der Waals surface area contributed by atoms with Gasteiger partial charge in [0.2, 0.25) is 0 Å². The maximum absolute atomic E-state index is 12.1. The lowest BCUT2D eigenvalue weighted by molar-refractivity contribution is 0.0986. The Hall–Kier alpha value is -2.01. The number of ether oxygens (including phenoxy) is 2.